The summed E-state index contributed by atoms with van der Waals surface area (Å²) in [5.41, 5.74) is 2.09. The molecule has 157 valence electrons. The number of aliphatic imine (C=N–C) groups is 2. The number of nitrogens with one attached hydrogen (secondary N) is 2. The third kappa shape index (κ3) is 8.04. The molecular weight excluding hydrogens is 471 g/mol. The quantitative estimate of drug-likeness (QED) is 0.326. The van der Waals surface area contributed by atoms with Crippen molar-refractivity contribution in [2.75, 3.05) is 0 Å². The van der Waals surface area contributed by atoms with Crippen molar-refractivity contribution in [3.8, 4) is 0 Å². The topological polar surface area (TPSA) is 134 Å². The molecule has 0 radical (unpaired) electrons. The summed E-state index contributed by atoms with van der Waals surface area (Å²) in [5.74, 6) is 2.40. The molecule has 0 aliphatic carbocycles. The van der Waals surface area contributed by atoms with Crippen LogP contribution < -0.4 is 0 Å². The van der Waals surface area contributed by atoms with E-state index in [1.165, 1.54) is 12.7 Å². The number of aromatic nitrogens is 6. The van der Waals surface area contributed by atoms with E-state index < -0.39 is 0 Å². The first-order valence-electron chi connectivity index (χ1n) is 7.82. The van der Waals surface area contributed by atoms with Crippen molar-refractivity contribution < 1.29 is 22.0 Å². The van der Waals surface area contributed by atoms with E-state index in [9.17, 15) is 0 Å². The number of aromatic amines is 2. The van der Waals surface area contributed by atoms with Crippen LogP contribution in [0.2, 0.25) is 0 Å². The third-order valence-electron chi connectivity index (χ3n) is 3.22. The standard InChI is InChI=1S/2C8H8N4O.2ClH.Cu/c2*1-6-2-3-13-7(6)4-9-8-10-5-11-12-8;;;/h2*2-5H,1H3,(H,10,11,12);2*1H;/q;;;;+2/p-2/b2*9-4+;;;. The Bertz CT molecular complexity index is 916. The molecule has 4 aromatic heterocycles. The van der Waals surface area contributed by atoms with Crippen LogP contribution in [-0.4, -0.2) is 42.8 Å². The third-order valence-corrected chi connectivity index (χ3v) is 3.22. The second kappa shape index (κ2) is 12.7. The molecule has 0 fully saturated rings. The van der Waals surface area contributed by atoms with Crippen LogP contribution >= 0.6 is 20.2 Å². The molecule has 13 heteroatoms. The fraction of sp³-hybridized carbons (Fsp3) is 0.125. The molecule has 0 aromatic carbocycles. The number of aryl methyl sites for hydroxylation is 2. The number of halogens is 2. The number of hydrogen-bond acceptors (Lipinski definition) is 8. The minimum absolute atomic E-state index is 0.468. The van der Waals surface area contributed by atoms with E-state index in [1.54, 1.807) is 25.0 Å². The van der Waals surface area contributed by atoms with Gasteiger partial charge in [0.15, 0.2) is 0 Å². The Kier molecular flexibility index (Phi) is 9.87. The Hall–Kier alpha value is -2.72. The number of nitrogens with zero attached hydrogens (tertiary/aromatic N) is 6. The maximum atomic E-state index is 5.15. The van der Waals surface area contributed by atoms with Gasteiger partial charge in [-0.3, -0.25) is 0 Å². The van der Waals surface area contributed by atoms with Crippen molar-refractivity contribution in [1.82, 2.24) is 30.4 Å². The zero-order valence-corrected chi connectivity index (χ0v) is 17.6. The zero-order chi connectivity index (χ0) is 20.9. The molecule has 0 aliphatic heterocycles. The zero-order valence-electron chi connectivity index (χ0n) is 15.2. The van der Waals surface area contributed by atoms with Gasteiger partial charge in [-0.05, 0) is 37.1 Å². The first-order valence-corrected chi connectivity index (χ1v) is 10.4. The Morgan fingerprint density at radius 1 is 0.862 bits per heavy atom. The van der Waals surface area contributed by atoms with E-state index in [2.05, 4.69) is 60.5 Å². The molecular formula is C16H16Cl2CuN8O2. The van der Waals surface area contributed by atoms with Gasteiger partial charge in [0.05, 0.1) is 25.0 Å². The van der Waals surface area contributed by atoms with Crippen LogP contribution in [0.15, 0.2) is 56.1 Å². The fourth-order valence-corrected chi connectivity index (χ4v) is 1.80. The molecule has 0 aliphatic rings. The van der Waals surface area contributed by atoms with Gasteiger partial charge in [-0.15, -0.1) is 0 Å². The van der Waals surface area contributed by atoms with Gasteiger partial charge < -0.3 is 8.83 Å². The van der Waals surface area contributed by atoms with Crippen molar-refractivity contribution >= 4 is 44.5 Å². The summed E-state index contributed by atoms with van der Waals surface area (Å²) in [5, 5.41) is 12.6. The Balaban J connectivity index is 0.000000183. The Morgan fingerprint density at radius 3 is 1.55 bits per heavy atom. The number of rotatable bonds is 4. The van der Waals surface area contributed by atoms with Crippen LogP contribution in [0.3, 0.4) is 0 Å². The first-order chi connectivity index (χ1) is 14.1. The summed E-state index contributed by atoms with van der Waals surface area (Å²) < 4.78 is 10.3. The Labute approximate surface area is 180 Å². The number of hydrogen-bond donors (Lipinski definition) is 2. The molecule has 10 nitrogen and oxygen atoms in total. The predicted octanol–water partition coefficient (Wildman–Crippen LogP) is 4.29. The van der Waals surface area contributed by atoms with Gasteiger partial charge in [0.2, 0.25) is 11.9 Å². The van der Waals surface area contributed by atoms with E-state index in [1.807, 2.05) is 26.0 Å². The van der Waals surface area contributed by atoms with Crippen LogP contribution in [0.25, 0.3) is 0 Å². The van der Waals surface area contributed by atoms with Gasteiger partial charge in [0, 0.05) is 0 Å². The van der Waals surface area contributed by atoms with Crippen molar-refractivity contribution in [3.63, 3.8) is 0 Å². The summed E-state index contributed by atoms with van der Waals surface area (Å²) in [6.45, 7) is 3.90. The summed E-state index contributed by atoms with van der Waals surface area (Å²) >= 11 is 0.757. The molecule has 0 atom stereocenters. The second-order valence-electron chi connectivity index (χ2n) is 5.11. The van der Waals surface area contributed by atoms with Gasteiger partial charge in [-0.1, -0.05) is 0 Å². The molecule has 0 bridgehead atoms. The fourth-order valence-electron chi connectivity index (χ4n) is 1.80. The predicted molar refractivity (Wildman–Crippen MR) is 106 cm³/mol. The molecule has 4 heterocycles. The van der Waals surface area contributed by atoms with Crippen LogP contribution in [0.5, 0.6) is 0 Å². The summed E-state index contributed by atoms with van der Waals surface area (Å²) in [6.07, 6.45) is 9.27. The van der Waals surface area contributed by atoms with E-state index >= 15 is 0 Å². The second-order valence-corrected chi connectivity index (χ2v) is 6.67. The molecule has 29 heavy (non-hydrogen) atoms. The average Bonchev–Trinajstić information content (AvgIpc) is 3.50. The van der Waals surface area contributed by atoms with E-state index in [-0.39, 0.29) is 0 Å². The van der Waals surface area contributed by atoms with Gasteiger partial charge in [-0.2, -0.15) is 20.2 Å². The number of furan rings is 2. The summed E-state index contributed by atoms with van der Waals surface area (Å²) in [7, 11) is 9.34. The number of H-pyrrole nitrogens is 2. The molecule has 0 saturated heterocycles. The molecule has 4 aromatic rings. The Morgan fingerprint density at radius 2 is 1.28 bits per heavy atom. The van der Waals surface area contributed by atoms with Crippen molar-refractivity contribution in [1.29, 1.82) is 0 Å². The van der Waals surface area contributed by atoms with Crippen LogP contribution in [0.4, 0.5) is 11.9 Å². The van der Waals surface area contributed by atoms with Crippen molar-refractivity contribution in [2.45, 2.75) is 13.8 Å². The van der Waals surface area contributed by atoms with E-state index in [0.29, 0.717) is 11.9 Å². The van der Waals surface area contributed by atoms with Crippen LogP contribution in [0.1, 0.15) is 22.6 Å². The van der Waals surface area contributed by atoms with Crippen LogP contribution in [0, 0.1) is 13.8 Å². The van der Waals surface area contributed by atoms with Gasteiger partial charge in [-0.25, -0.2) is 20.2 Å². The van der Waals surface area contributed by atoms with Crippen molar-refractivity contribution in [2.24, 2.45) is 9.98 Å². The average molecular weight is 487 g/mol. The van der Waals surface area contributed by atoms with Crippen LogP contribution in [-0.2, 0) is 13.1 Å². The maximum absolute atomic E-state index is 5.15. The summed E-state index contributed by atoms with van der Waals surface area (Å²) in [4.78, 5) is 15.7. The van der Waals surface area contributed by atoms with Crippen molar-refractivity contribution in [3.05, 3.63) is 60.0 Å². The molecule has 2 N–H and O–H groups in total. The van der Waals surface area contributed by atoms with E-state index in [4.69, 9.17) is 8.83 Å². The molecule has 4 rings (SSSR count). The minimum atomic E-state index is 0.468. The molecule has 0 unspecified atom stereocenters. The summed E-state index contributed by atoms with van der Waals surface area (Å²) in [6, 6.07) is 3.75. The molecule has 0 amide bonds. The SMILES string of the molecule is Cc1ccoc1/C=N/c1ncn[nH]1.Cc1ccoc1/C=N/c1ncn[nH]1.[Cl][Cu][Cl]. The van der Waals surface area contributed by atoms with Gasteiger partial charge in [0.1, 0.15) is 24.2 Å². The van der Waals surface area contributed by atoms with Gasteiger partial charge in [0.25, 0.3) is 0 Å². The molecule has 0 saturated carbocycles. The normalized spacial score (nSPS) is 10.8. The van der Waals surface area contributed by atoms with Gasteiger partial charge >= 0.3 is 33.3 Å². The molecule has 0 spiro atoms. The first kappa shape index (κ1) is 22.6. The van der Waals surface area contributed by atoms with E-state index in [0.717, 1.165) is 35.8 Å². The monoisotopic (exact) mass is 485 g/mol.